The minimum atomic E-state index is 0. The van der Waals surface area contributed by atoms with Crippen molar-refractivity contribution in [2.24, 2.45) is 0 Å². The van der Waals surface area contributed by atoms with Crippen LogP contribution in [0.5, 0.6) is 5.75 Å². The molecule has 3 aromatic carbocycles. The number of ether oxygens (including phenoxy) is 1. The summed E-state index contributed by atoms with van der Waals surface area (Å²) in [6, 6.07) is 26.4. The van der Waals surface area contributed by atoms with E-state index >= 15 is 0 Å². The largest absolute Gasteiger partial charge is 0.489 e. The van der Waals surface area contributed by atoms with Gasteiger partial charge in [-0.1, -0.05) is 78.3 Å². The van der Waals surface area contributed by atoms with Crippen LogP contribution in [0.1, 0.15) is 16.7 Å². The van der Waals surface area contributed by atoms with Gasteiger partial charge >= 0.3 is 0 Å². The minimum Gasteiger partial charge on any atom is -0.489 e. The molecule has 0 heterocycles. The van der Waals surface area contributed by atoms with Gasteiger partial charge in [-0.05, 0) is 30.7 Å². The second-order valence-electron chi connectivity index (χ2n) is 5.90. The van der Waals surface area contributed by atoms with Gasteiger partial charge in [-0.2, -0.15) is 0 Å². The van der Waals surface area contributed by atoms with E-state index in [1.54, 1.807) is 0 Å². The Hall–Kier alpha value is -2.00. The summed E-state index contributed by atoms with van der Waals surface area (Å²) in [6.45, 7) is 2.19. The lowest BCUT2D eigenvalue weighted by Crippen LogP contribution is -2.17. The number of hydrogen-bond donors (Lipinski definition) is 1. The summed E-state index contributed by atoms with van der Waals surface area (Å²) in [5, 5.41) is 4.23. The molecule has 0 aliphatic heterocycles. The highest BCUT2D eigenvalue weighted by atomic mass is 35.5. The predicted molar refractivity (Wildman–Crippen MR) is 111 cm³/mol. The van der Waals surface area contributed by atoms with Gasteiger partial charge in [0.25, 0.3) is 0 Å². The van der Waals surface area contributed by atoms with Gasteiger partial charge < -0.3 is 10.1 Å². The zero-order valence-electron chi connectivity index (χ0n) is 14.5. The molecule has 0 aliphatic carbocycles. The lowest BCUT2D eigenvalue weighted by Gasteiger charge is -2.13. The molecule has 26 heavy (non-hydrogen) atoms. The summed E-state index contributed by atoms with van der Waals surface area (Å²) in [7, 11) is 0. The zero-order chi connectivity index (χ0) is 17.3. The van der Waals surface area contributed by atoms with Crippen molar-refractivity contribution in [1.82, 2.24) is 5.32 Å². The van der Waals surface area contributed by atoms with E-state index in [2.05, 4.69) is 35.6 Å². The van der Waals surface area contributed by atoms with Crippen molar-refractivity contribution in [3.8, 4) is 5.75 Å². The summed E-state index contributed by atoms with van der Waals surface area (Å²) in [5.41, 5.74) is 3.50. The minimum absolute atomic E-state index is 0. The summed E-state index contributed by atoms with van der Waals surface area (Å²) in [4.78, 5) is 0. The molecule has 0 amide bonds. The Balaban J connectivity index is 0.00000243. The second-order valence-corrected chi connectivity index (χ2v) is 6.31. The van der Waals surface area contributed by atoms with Crippen molar-refractivity contribution in [2.45, 2.75) is 19.6 Å². The molecule has 0 bridgehead atoms. The van der Waals surface area contributed by atoms with Gasteiger partial charge in [-0.25, -0.2) is 0 Å². The lowest BCUT2D eigenvalue weighted by molar-refractivity contribution is 0.302. The summed E-state index contributed by atoms with van der Waals surface area (Å²) in [6.07, 6.45) is 1.02. The topological polar surface area (TPSA) is 21.3 Å². The molecule has 0 aliphatic rings. The predicted octanol–water partition coefficient (Wildman–Crippen LogP) is 5.67. The Bertz CT molecular complexity index is 793. The van der Waals surface area contributed by atoms with Crippen LogP contribution in [0, 0.1) is 0 Å². The van der Waals surface area contributed by atoms with Crippen molar-refractivity contribution >= 4 is 24.0 Å². The molecule has 0 saturated heterocycles. The first-order valence-electron chi connectivity index (χ1n) is 8.51. The fourth-order valence-corrected chi connectivity index (χ4v) is 2.85. The van der Waals surface area contributed by atoms with E-state index in [1.165, 1.54) is 5.56 Å². The number of halogens is 2. The van der Waals surface area contributed by atoms with E-state index in [-0.39, 0.29) is 12.4 Å². The average Bonchev–Trinajstić information content (AvgIpc) is 2.66. The van der Waals surface area contributed by atoms with Gasteiger partial charge in [0.05, 0.1) is 0 Å². The van der Waals surface area contributed by atoms with Crippen LogP contribution < -0.4 is 10.1 Å². The molecule has 1 N–H and O–H groups in total. The van der Waals surface area contributed by atoms with E-state index in [9.17, 15) is 0 Å². The Morgan fingerprint density at radius 3 is 2.19 bits per heavy atom. The van der Waals surface area contributed by atoms with Crippen LogP contribution in [0.25, 0.3) is 0 Å². The van der Waals surface area contributed by atoms with Crippen molar-refractivity contribution in [3.05, 3.63) is 101 Å². The molecule has 0 atom stereocenters. The number of benzene rings is 3. The first kappa shape index (κ1) is 20.3. The van der Waals surface area contributed by atoms with E-state index in [0.717, 1.165) is 41.4 Å². The van der Waals surface area contributed by atoms with Crippen LogP contribution in [0.15, 0.2) is 78.9 Å². The van der Waals surface area contributed by atoms with Gasteiger partial charge in [0.1, 0.15) is 12.4 Å². The molecule has 0 aromatic heterocycles. The maximum Gasteiger partial charge on any atom is 0.124 e. The van der Waals surface area contributed by atoms with Gasteiger partial charge in [0, 0.05) is 22.7 Å². The quantitative estimate of drug-likeness (QED) is 0.502. The van der Waals surface area contributed by atoms with Crippen LogP contribution in [0.2, 0.25) is 5.02 Å². The Labute approximate surface area is 166 Å². The average molecular weight is 388 g/mol. The van der Waals surface area contributed by atoms with Crippen molar-refractivity contribution in [2.75, 3.05) is 6.54 Å². The van der Waals surface area contributed by atoms with Crippen LogP contribution in [-0.2, 0) is 19.6 Å². The fourth-order valence-electron chi connectivity index (χ4n) is 2.66. The van der Waals surface area contributed by atoms with Crippen molar-refractivity contribution in [3.63, 3.8) is 0 Å². The SMILES string of the molecule is Cl.Clc1ccccc1COc1ccccc1CNCCc1ccccc1. The number of hydrogen-bond acceptors (Lipinski definition) is 2. The normalized spacial score (nSPS) is 10.2. The van der Waals surface area contributed by atoms with Gasteiger partial charge in [0.2, 0.25) is 0 Å². The van der Waals surface area contributed by atoms with Crippen LogP contribution in [-0.4, -0.2) is 6.54 Å². The summed E-state index contributed by atoms with van der Waals surface area (Å²) >= 11 is 6.20. The zero-order valence-corrected chi connectivity index (χ0v) is 16.1. The standard InChI is InChI=1S/C22H22ClNO.ClH/c23-21-12-6-4-11-20(21)17-25-22-13-7-5-10-19(22)16-24-15-14-18-8-2-1-3-9-18;/h1-13,24H,14-17H2;1H. The lowest BCUT2D eigenvalue weighted by atomic mass is 10.1. The molecule has 2 nitrogen and oxygen atoms in total. The van der Waals surface area contributed by atoms with Crippen LogP contribution in [0.3, 0.4) is 0 Å². The summed E-state index contributed by atoms with van der Waals surface area (Å²) < 4.78 is 5.99. The monoisotopic (exact) mass is 387 g/mol. The third kappa shape index (κ3) is 6.06. The van der Waals surface area contributed by atoms with Crippen molar-refractivity contribution in [1.29, 1.82) is 0 Å². The van der Waals surface area contributed by atoms with Gasteiger partial charge in [-0.3, -0.25) is 0 Å². The molecule has 4 heteroatoms. The maximum atomic E-state index is 6.20. The maximum absolute atomic E-state index is 6.20. The highest BCUT2D eigenvalue weighted by molar-refractivity contribution is 6.31. The molecule has 0 unspecified atom stereocenters. The summed E-state index contributed by atoms with van der Waals surface area (Å²) in [5.74, 6) is 0.898. The molecule has 3 rings (SSSR count). The van der Waals surface area contributed by atoms with E-state index in [4.69, 9.17) is 16.3 Å². The molecule has 136 valence electrons. The van der Waals surface area contributed by atoms with E-state index in [0.29, 0.717) is 6.61 Å². The highest BCUT2D eigenvalue weighted by Gasteiger charge is 2.05. The third-order valence-corrected chi connectivity index (χ3v) is 4.43. The fraction of sp³-hybridized carbons (Fsp3) is 0.182. The first-order valence-corrected chi connectivity index (χ1v) is 8.89. The number of rotatable bonds is 8. The molecule has 3 aromatic rings. The molecule has 0 radical (unpaired) electrons. The molecule has 0 fully saturated rings. The van der Waals surface area contributed by atoms with Crippen LogP contribution >= 0.6 is 24.0 Å². The molecule has 0 spiro atoms. The smallest absolute Gasteiger partial charge is 0.124 e. The number of para-hydroxylation sites is 1. The highest BCUT2D eigenvalue weighted by Crippen LogP contribution is 2.21. The van der Waals surface area contributed by atoms with Gasteiger partial charge in [0.15, 0.2) is 0 Å². The van der Waals surface area contributed by atoms with Crippen LogP contribution in [0.4, 0.5) is 0 Å². The third-order valence-electron chi connectivity index (χ3n) is 4.06. The molecular weight excluding hydrogens is 365 g/mol. The number of nitrogens with one attached hydrogen (secondary N) is 1. The van der Waals surface area contributed by atoms with Crippen molar-refractivity contribution < 1.29 is 4.74 Å². The second kappa shape index (κ2) is 10.9. The Kier molecular flexibility index (Phi) is 8.49. The molecular formula is C22H23Cl2NO. The first-order chi connectivity index (χ1) is 12.3. The van der Waals surface area contributed by atoms with E-state index < -0.39 is 0 Å². The van der Waals surface area contributed by atoms with E-state index in [1.807, 2.05) is 48.5 Å². The Morgan fingerprint density at radius 2 is 1.42 bits per heavy atom. The van der Waals surface area contributed by atoms with Gasteiger partial charge in [-0.15, -0.1) is 12.4 Å². The molecule has 0 saturated carbocycles. The Morgan fingerprint density at radius 1 is 0.769 bits per heavy atom.